The molecule has 4 aromatic rings. The number of H-pyrrole nitrogens is 1. The molecule has 1 aliphatic heterocycles. The molecule has 0 aromatic carbocycles. The number of hydrogen-bond acceptors (Lipinski definition) is 6. The molecule has 190 valence electrons. The Morgan fingerprint density at radius 3 is 2.44 bits per heavy atom. The zero-order valence-corrected chi connectivity index (χ0v) is 20.3. The highest BCUT2D eigenvalue weighted by Crippen LogP contribution is 2.51. The molecule has 2 fully saturated rings. The minimum absolute atomic E-state index is 0.367. The van der Waals surface area contributed by atoms with Gasteiger partial charge in [-0.1, -0.05) is 13.8 Å². The molecule has 1 aliphatic carbocycles. The van der Waals surface area contributed by atoms with Crippen LogP contribution in [0.2, 0.25) is 0 Å². The molecular weight excluding hydrogens is 469 g/mol. The molecule has 11 heteroatoms. The van der Waals surface area contributed by atoms with E-state index in [1.165, 1.54) is 23.1 Å². The maximum absolute atomic E-state index is 13.1. The molecule has 1 saturated carbocycles. The Kier molecular flexibility index (Phi) is 6.42. The van der Waals surface area contributed by atoms with E-state index >= 15 is 0 Å². The fraction of sp³-hybridized carbons (Fsp3) is 0.440. The first-order valence-electron chi connectivity index (χ1n) is 12.0. The summed E-state index contributed by atoms with van der Waals surface area (Å²) in [5.41, 5.74) is 0.620. The van der Waals surface area contributed by atoms with Gasteiger partial charge in [0.2, 0.25) is 0 Å². The van der Waals surface area contributed by atoms with Crippen LogP contribution in [0.3, 0.4) is 0 Å². The van der Waals surface area contributed by atoms with Crippen LogP contribution in [0, 0.1) is 11.3 Å². The number of aromatic nitrogens is 6. The number of aromatic amines is 1. The molecule has 5 heterocycles. The highest BCUT2D eigenvalue weighted by atomic mass is 19.4. The van der Waals surface area contributed by atoms with Crippen LogP contribution in [-0.4, -0.2) is 67.2 Å². The topological polar surface area (TPSA) is 78.2 Å². The number of alkyl halides is 3. The van der Waals surface area contributed by atoms with Crippen molar-refractivity contribution in [3.8, 4) is 11.5 Å². The molecule has 4 aromatic heterocycles. The normalized spacial score (nSPS) is 19.7. The van der Waals surface area contributed by atoms with Crippen LogP contribution < -0.4 is 4.90 Å². The van der Waals surface area contributed by atoms with Gasteiger partial charge in [-0.3, -0.25) is 14.4 Å². The number of imidazole rings is 1. The summed E-state index contributed by atoms with van der Waals surface area (Å²) in [6, 6.07) is 6.08. The first kappa shape index (κ1) is 24.2. The van der Waals surface area contributed by atoms with Crippen LogP contribution in [0.25, 0.3) is 17.2 Å². The van der Waals surface area contributed by atoms with Crippen LogP contribution in [0.15, 0.2) is 55.2 Å². The monoisotopic (exact) mass is 498 g/mol. The fourth-order valence-corrected chi connectivity index (χ4v) is 4.54. The Morgan fingerprint density at radius 1 is 1.06 bits per heavy atom. The Balaban J connectivity index is 0.000000477. The van der Waals surface area contributed by atoms with E-state index in [1.54, 1.807) is 18.6 Å². The molecular formula is C25H29F3N8. The summed E-state index contributed by atoms with van der Waals surface area (Å²) in [7, 11) is 0. The zero-order chi connectivity index (χ0) is 25.3. The second kappa shape index (κ2) is 9.53. The van der Waals surface area contributed by atoms with Crippen molar-refractivity contribution < 1.29 is 13.2 Å². The number of anilines is 1. The van der Waals surface area contributed by atoms with E-state index in [2.05, 4.69) is 48.8 Å². The van der Waals surface area contributed by atoms with Gasteiger partial charge < -0.3 is 4.90 Å². The summed E-state index contributed by atoms with van der Waals surface area (Å²) < 4.78 is 40.8. The van der Waals surface area contributed by atoms with Gasteiger partial charge in [-0.05, 0) is 42.0 Å². The molecule has 1 unspecified atom stereocenters. The van der Waals surface area contributed by atoms with Crippen molar-refractivity contribution in [2.45, 2.75) is 26.4 Å². The number of halogens is 3. The molecule has 6 rings (SSSR count). The summed E-state index contributed by atoms with van der Waals surface area (Å²) in [5.74, 6) is 1.95. The summed E-state index contributed by atoms with van der Waals surface area (Å²) in [6.07, 6.45) is 4.56. The predicted octanol–water partition coefficient (Wildman–Crippen LogP) is 4.39. The molecule has 0 spiro atoms. The highest BCUT2D eigenvalue weighted by molar-refractivity contribution is 5.59. The van der Waals surface area contributed by atoms with Crippen molar-refractivity contribution in [2.24, 2.45) is 11.3 Å². The van der Waals surface area contributed by atoms with E-state index in [-0.39, 0.29) is 0 Å². The largest absolute Gasteiger partial charge is 0.417 e. The molecule has 0 bridgehead atoms. The first-order chi connectivity index (χ1) is 17.2. The number of rotatable bonds is 4. The summed E-state index contributed by atoms with van der Waals surface area (Å²) in [6.45, 7) is 9.51. The minimum atomic E-state index is -4.42. The molecule has 0 amide bonds. The number of pyridine rings is 1. The van der Waals surface area contributed by atoms with Gasteiger partial charge in [-0.2, -0.15) is 18.3 Å². The van der Waals surface area contributed by atoms with Crippen molar-refractivity contribution in [3.05, 3.63) is 60.8 Å². The van der Waals surface area contributed by atoms with E-state index in [9.17, 15) is 13.2 Å². The van der Waals surface area contributed by atoms with Gasteiger partial charge in [0.1, 0.15) is 17.2 Å². The lowest BCUT2D eigenvalue weighted by molar-refractivity contribution is -0.137. The lowest BCUT2D eigenvalue weighted by atomic mass is 10.1. The quantitative estimate of drug-likeness (QED) is 0.450. The molecule has 0 radical (unpaired) electrons. The van der Waals surface area contributed by atoms with Crippen LogP contribution in [0.5, 0.6) is 0 Å². The summed E-state index contributed by atoms with van der Waals surface area (Å²) >= 11 is 0. The highest BCUT2D eigenvalue weighted by Gasteiger charge is 2.46. The summed E-state index contributed by atoms with van der Waals surface area (Å²) in [4.78, 5) is 17.9. The van der Waals surface area contributed by atoms with E-state index in [0.29, 0.717) is 22.6 Å². The van der Waals surface area contributed by atoms with Gasteiger partial charge >= 0.3 is 6.18 Å². The van der Waals surface area contributed by atoms with E-state index in [4.69, 9.17) is 0 Å². The van der Waals surface area contributed by atoms with E-state index in [0.717, 1.165) is 56.7 Å². The molecule has 1 atom stereocenters. The Morgan fingerprint density at radius 2 is 1.83 bits per heavy atom. The number of piperazine rings is 1. The van der Waals surface area contributed by atoms with E-state index < -0.39 is 11.7 Å². The molecule has 1 saturated heterocycles. The number of nitrogens with one attached hydrogen (secondary N) is 1. The maximum atomic E-state index is 13.1. The van der Waals surface area contributed by atoms with Gasteiger partial charge in [0, 0.05) is 57.5 Å². The lowest BCUT2D eigenvalue weighted by Gasteiger charge is -2.35. The van der Waals surface area contributed by atoms with Crippen molar-refractivity contribution >= 4 is 11.5 Å². The maximum Gasteiger partial charge on any atom is 0.417 e. The van der Waals surface area contributed by atoms with Gasteiger partial charge in [-0.15, -0.1) is 0 Å². The van der Waals surface area contributed by atoms with Gasteiger partial charge in [-0.25, -0.2) is 15.0 Å². The second-order valence-electron chi connectivity index (χ2n) is 9.97. The van der Waals surface area contributed by atoms with E-state index in [1.807, 2.05) is 12.1 Å². The van der Waals surface area contributed by atoms with Crippen LogP contribution >= 0.6 is 0 Å². The Bertz CT molecular complexity index is 1270. The minimum Gasteiger partial charge on any atom is -0.354 e. The second-order valence-corrected chi connectivity index (χ2v) is 9.97. The van der Waals surface area contributed by atoms with Crippen LogP contribution in [0.1, 0.15) is 25.8 Å². The third kappa shape index (κ3) is 5.35. The fourth-order valence-electron chi connectivity index (χ4n) is 4.54. The van der Waals surface area contributed by atoms with Crippen molar-refractivity contribution in [1.82, 2.24) is 34.4 Å². The zero-order valence-electron chi connectivity index (χ0n) is 20.3. The Labute approximate surface area is 207 Å². The standard InChI is InChI=1S/C22H25F3N6.C3H4N2/c1-21(2)11-16(21)13-29-7-9-30(10-8-29)19-5-6-26-20(28-19)17-12-27-18-4-3-15(14-31(17)18)22(23,24)25;1-2-4-5-3-1/h3-6,12,14,16H,7-11,13H2,1-2H3;1-3H,(H,4,5). The molecule has 2 aliphatic rings. The van der Waals surface area contributed by atoms with Crippen molar-refractivity contribution in [1.29, 1.82) is 0 Å². The van der Waals surface area contributed by atoms with Crippen molar-refractivity contribution in [3.63, 3.8) is 0 Å². The first-order valence-corrected chi connectivity index (χ1v) is 12.0. The SMILES string of the molecule is CC1(C)CC1CN1CCN(c2ccnc(-c3cnc4ccc(C(F)(F)F)cn34)n2)CC1.c1cn[nH]c1. The van der Waals surface area contributed by atoms with Crippen LogP contribution in [0.4, 0.5) is 19.0 Å². The summed E-state index contributed by atoms with van der Waals surface area (Å²) in [5, 5.41) is 6.21. The van der Waals surface area contributed by atoms with Crippen molar-refractivity contribution in [2.75, 3.05) is 37.6 Å². The predicted molar refractivity (Wildman–Crippen MR) is 130 cm³/mol. The van der Waals surface area contributed by atoms with Crippen LogP contribution in [-0.2, 0) is 6.18 Å². The smallest absolute Gasteiger partial charge is 0.354 e. The molecule has 1 N–H and O–H groups in total. The lowest BCUT2D eigenvalue weighted by Crippen LogP contribution is -2.47. The van der Waals surface area contributed by atoms with Gasteiger partial charge in [0.25, 0.3) is 0 Å². The van der Waals surface area contributed by atoms with Gasteiger partial charge in [0.15, 0.2) is 5.82 Å². The molecule has 8 nitrogen and oxygen atoms in total. The molecule has 36 heavy (non-hydrogen) atoms. The average molecular weight is 499 g/mol. The number of fused-ring (bicyclic) bond motifs is 1. The average Bonchev–Trinajstić information content (AvgIpc) is 3.32. The number of nitrogens with zero attached hydrogens (tertiary/aromatic N) is 7. The number of hydrogen-bond donors (Lipinski definition) is 1. The Hall–Kier alpha value is -3.47. The third-order valence-electron chi connectivity index (χ3n) is 7.00. The van der Waals surface area contributed by atoms with Gasteiger partial charge in [0.05, 0.1) is 11.8 Å². The third-order valence-corrected chi connectivity index (χ3v) is 7.00.